The third-order valence-electron chi connectivity index (χ3n) is 2.00. The smallest absolute Gasteiger partial charge is 0.0366 e. The monoisotopic (exact) mass is 193 g/mol. The van der Waals surface area contributed by atoms with E-state index in [2.05, 4.69) is 50.1 Å². The topological polar surface area (TPSA) is 3.24 Å². The molecule has 0 aromatic heterocycles. The summed E-state index contributed by atoms with van der Waals surface area (Å²) in [5.74, 6) is 0. The fourth-order valence-electron chi connectivity index (χ4n) is 1.33. The minimum absolute atomic E-state index is 1.13. The molecule has 1 aromatic carbocycles. The molecule has 1 aromatic rings. The Morgan fingerprint density at radius 3 is 2.36 bits per heavy atom. The minimum Gasteiger partial charge on any atom is -0.375 e. The Kier molecular flexibility index (Phi) is 6.91. The normalized spacial score (nSPS) is 8.93. The van der Waals surface area contributed by atoms with Gasteiger partial charge in [-0.15, -0.1) is 0 Å². The maximum Gasteiger partial charge on any atom is 0.0366 e. The zero-order chi connectivity index (χ0) is 11.0. The van der Waals surface area contributed by atoms with Crippen molar-refractivity contribution in [1.82, 2.24) is 0 Å². The van der Waals surface area contributed by atoms with Gasteiger partial charge >= 0.3 is 0 Å². The van der Waals surface area contributed by atoms with E-state index in [0.29, 0.717) is 0 Å². The van der Waals surface area contributed by atoms with E-state index in [4.69, 9.17) is 0 Å². The largest absolute Gasteiger partial charge is 0.375 e. The maximum absolute atomic E-state index is 2.28. The number of rotatable bonds is 3. The van der Waals surface area contributed by atoms with Gasteiger partial charge in [-0.25, -0.2) is 0 Å². The third-order valence-corrected chi connectivity index (χ3v) is 2.00. The van der Waals surface area contributed by atoms with Crippen LogP contribution in [0.15, 0.2) is 24.3 Å². The van der Waals surface area contributed by atoms with Gasteiger partial charge in [-0.3, -0.25) is 0 Å². The number of benzene rings is 1. The lowest BCUT2D eigenvalue weighted by atomic mass is 10.2. The molecular formula is C13H23N. The van der Waals surface area contributed by atoms with Crippen molar-refractivity contribution in [2.24, 2.45) is 0 Å². The van der Waals surface area contributed by atoms with Gasteiger partial charge in [0.15, 0.2) is 0 Å². The number of aryl methyl sites for hydroxylation is 1. The van der Waals surface area contributed by atoms with Gasteiger partial charge in [0.2, 0.25) is 0 Å². The van der Waals surface area contributed by atoms with Crippen LogP contribution in [0, 0.1) is 6.92 Å². The van der Waals surface area contributed by atoms with E-state index in [1.165, 1.54) is 17.7 Å². The molecule has 0 saturated carbocycles. The molecule has 0 amide bonds. The van der Waals surface area contributed by atoms with Crippen LogP contribution in [0.25, 0.3) is 0 Å². The molecule has 0 heterocycles. The molecule has 0 bridgehead atoms. The van der Waals surface area contributed by atoms with Gasteiger partial charge in [-0.1, -0.05) is 32.9 Å². The first-order chi connectivity index (χ1) is 6.74. The van der Waals surface area contributed by atoms with E-state index in [1.54, 1.807) is 0 Å². The fraction of sp³-hybridized carbons (Fsp3) is 0.538. The Bertz CT molecular complexity index is 243. The maximum atomic E-state index is 2.28. The van der Waals surface area contributed by atoms with E-state index in [0.717, 1.165) is 6.54 Å². The molecule has 1 nitrogen and oxygen atoms in total. The lowest BCUT2D eigenvalue weighted by molar-refractivity contribution is 0.852. The fourth-order valence-corrected chi connectivity index (χ4v) is 1.33. The van der Waals surface area contributed by atoms with Crippen LogP contribution in [0.2, 0.25) is 0 Å². The third kappa shape index (κ3) is 4.31. The molecule has 0 fully saturated rings. The summed E-state index contributed by atoms with van der Waals surface area (Å²) in [6, 6.07) is 8.61. The lowest BCUT2D eigenvalue weighted by Crippen LogP contribution is -2.17. The average molecular weight is 193 g/mol. The second-order valence-electron chi connectivity index (χ2n) is 3.26. The highest BCUT2D eigenvalue weighted by Crippen LogP contribution is 2.13. The molecule has 1 heteroatoms. The molecule has 0 aliphatic carbocycles. The van der Waals surface area contributed by atoms with E-state index in [9.17, 15) is 0 Å². The highest BCUT2D eigenvalue weighted by atomic mass is 15.1. The molecule has 0 aliphatic heterocycles. The van der Waals surface area contributed by atoms with Crippen LogP contribution in [0.1, 0.15) is 32.8 Å². The van der Waals surface area contributed by atoms with Crippen molar-refractivity contribution in [2.75, 3.05) is 18.5 Å². The van der Waals surface area contributed by atoms with Crippen molar-refractivity contribution in [2.45, 2.75) is 34.1 Å². The number of hydrogen-bond donors (Lipinski definition) is 0. The Balaban J connectivity index is 0.000000791. The average Bonchev–Trinajstić information content (AvgIpc) is 2.21. The predicted molar refractivity (Wildman–Crippen MR) is 66.1 cm³/mol. The predicted octanol–water partition coefficient (Wildman–Crippen LogP) is 3.87. The SMILES string of the molecule is CC.CCCN(C)c1cccc(C)c1. The van der Waals surface area contributed by atoms with Crippen LogP contribution in [0.3, 0.4) is 0 Å². The molecule has 80 valence electrons. The summed E-state index contributed by atoms with van der Waals surface area (Å²) < 4.78 is 0. The van der Waals surface area contributed by atoms with Gasteiger partial charge in [-0.05, 0) is 31.0 Å². The highest BCUT2D eigenvalue weighted by molar-refractivity contribution is 5.47. The van der Waals surface area contributed by atoms with Crippen LogP contribution in [0.5, 0.6) is 0 Å². The van der Waals surface area contributed by atoms with E-state index < -0.39 is 0 Å². The van der Waals surface area contributed by atoms with E-state index >= 15 is 0 Å². The van der Waals surface area contributed by atoms with Gasteiger partial charge in [0.05, 0.1) is 0 Å². The molecule has 0 radical (unpaired) electrons. The van der Waals surface area contributed by atoms with Gasteiger partial charge in [0, 0.05) is 19.3 Å². The van der Waals surface area contributed by atoms with Gasteiger partial charge in [0.1, 0.15) is 0 Å². The quantitative estimate of drug-likeness (QED) is 0.704. The molecule has 0 aliphatic rings. The lowest BCUT2D eigenvalue weighted by Gasteiger charge is -2.18. The molecular weight excluding hydrogens is 170 g/mol. The van der Waals surface area contributed by atoms with Crippen LogP contribution >= 0.6 is 0 Å². The Hall–Kier alpha value is -0.980. The highest BCUT2D eigenvalue weighted by Gasteiger charge is 1.97. The van der Waals surface area contributed by atoms with Gasteiger partial charge in [-0.2, -0.15) is 0 Å². The van der Waals surface area contributed by atoms with E-state index in [-0.39, 0.29) is 0 Å². The molecule has 0 unspecified atom stereocenters. The first-order valence-corrected chi connectivity index (χ1v) is 5.52. The first kappa shape index (κ1) is 13.0. The standard InChI is InChI=1S/C11H17N.C2H6/c1-4-8-12(3)11-7-5-6-10(2)9-11;1-2/h5-7,9H,4,8H2,1-3H3;1-2H3. The van der Waals surface area contributed by atoms with Crippen LogP contribution in [0.4, 0.5) is 5.69 Å². The molecule has 0 saturated heterocycles. The van der Waals surface area contributed by atoms with Crippen LogP contribution in [-0.2, 0) is 0 Å². The molecule has 0 atom stereocenters. The van der Waals surface area contributed by atoms with Crippen molar-refractivity contribution in [3.05, 3.63) is 29.8 Å². The molecule has 14 heavy (non-hydrogen) atoms. The summed E-state index contributed by atoms with van der Waals surface area (Å²) >= 11 is 0. The number of hydrogen-bond acceptors (Lipinski definition) is 1. The van der Waals surface area contributed by atoms with Crippen molar-refractivity contribution >= 4 is 5.69 Å². The minimum atomic E-state index is 1.13. The number of anilines is 1. The van der Waals surface area contributed by atoms with Crippen molar-refractivity contribution in [3.63, 3.8) is 0 Å². The van der Waals surface area contributed by atoms with Crippen molar-refractivity contribution in [3.8, 4) is 0 Å². The Morgan fingerprint density at radius 2 is 1.86 bits per heavy atom. The van der Waals surface area contributed by atoms with Gasteiger partial charge < -0.3 is 4.90 Å². The summed E-state index contributed by atoms with van der Waals surface area (Å²) in [6.45, 7) is 9.46. The second-order valence-corrected chi connectivity index (χ2v) is 3.26. The Morgan fingerprint density at radius 1 is 1.21 bits per heavy atom. The zero-order valence-electron chi connectivity index (χ0n) is 10.2. The summed E-state index contributed by atoms with van der Waals surface area (Å²) in [5, 5.41) is 0. The summed E-state index contributed by atoms with van der Waals surface area (Å²) in [5.41, 5.74) is 2.65. The Labute approximate surface area is 88.8 Å². The summed E-state index contributed by atoms with van der Waals surface area (Å²) in [7, 11) is 2.14. The molecule has 1 rings (SSSR count). The number of nitrogens with zero attached hydrogens (tertiary/aromatic N) is 1. The summed E-state index contributed by atoms with van der Waals surface area (Å²) in [6.07, 6.45) is 1.20. The molecule has 0 spiro atoms. The molecule has 0 N–H and O–H groups in total. The van der Waals surface area contributed by atoms with Crippen LogP contribution < -0.4 is 4.90 Å². The van der Waals surface area contributed by atoms with Crippen molar-refractivity contribution in [1.29, 1.82) is 0 Å². The van der Waals surface area contributed by atoms with E-state index in [1.807, 2.05) is 13.8 Å². The van der Waals surface area contributed by atoms with Crippen LogP contribution in [-0.4, -0.2) is 13.6 Å². The first-order valence-electron chi connectivity index (χ1n) is 5.52. The van der Waals surface area contributed by atoms with Gasteiger partial charge in [0.25, 0.3) is 0 Å². The van der Waals surface area contributed by atoms with Crippen molar-refractivity contribution < 1.29 is 0 Å². The zero-order valence-corrected chi connectivity index (χ0v) is 10.2. The summed E-state index contributed by atoms with van der Waals surface area (Å²) in [4.78, 5) is 2.28. The second kappa shape index (κ2) is 7.43.